The number of benzene rings is 1. The molecule has 28 heavy (non-hydrogen) atoms. The molecule has 0 saturated carbocycles. The van der Waals surface area contributed by atoms with Crippen molar-refractivity contribution in [1.29, 1.82) is 0 Å². The molecule has 1 saturated heterocycles. The van der Waals surface area contributed by atoms with Crippen molar-refractivity contribution >= 4 is 17.7 Å². The van der Waals surface area contributed by atoms with Crippen LogP contribution in [-0.2, 0) is 9.53 Å². The van der Waals surface area contributed by atoms with Crippen LogP contribution in [0.5, 0.6) is 11.5 Å². The summed E-state index contributed by atoms with van der Waals surface area (Å²) in [6, 6.07) is 5.39. The molecule has 156 valence electrons. The number of hydrogen-bond donors (Lipinski definition) is 1. The zero-order valence-corrected chi connectivity index (χ0v) is 17.5. The molecule has 1 heterocycles. The summed E-state index contributed by atoms with van der Waals surface area (Å²) in [5.74, 6) is 1.09. The Hall–Kier alpha value is -2.44. The number of carbonyl (C=O) groups is 2. The molecule has 2 amide bonds. The second-order valence-corrected chi connectivity index (χ2v) is 7.76. The topological polar surface area (TPSA) is 77.1 Å². The highest BCUT2D eigenvalue weighted by Gasteiger charge is 2.30. The smallest absolute Gasteiger partial charge is 0.410 e. The van der Waals surface area contributed by atoms with Gasteiger partial charge in [0, 0.05) is 30.8 Å². The molecule has 0 bridgehead atoms. The van der Waals surface area contributed by atoms with Gasteiger partial charge in [0.25, 0.3) is 0 Å². The van der Waals surface area contributed by atoms with Gasteiger partial charge in [-0.15, -0.1) is 0 Å². The normalized spacial score (nSPS) is 15.1. The average Bonchev–Trinajstić information content (AvgIpc) is 2.63. The standard InChI is InChI=1S/C21H32N2O5/c1-6-26-17-9-8-16(14-18(17)27-7-2)22-19(24)15-10-12-23(13-11-15)20(25)28-21(3,4)5/h8-9,14-15H,6-7,10-13H2,1-5H3,(H,22,24). The van der Waals surface area contributed by atoms with E-state index in [1.165, 1.54) is 0 Å². The molecule has 1 aliphatic heterocycles. The summed E-state index contributed by atoms with van der Waals surface area (Å²) in [6.45, 7) is 11.4. The molecule has 2 rings (SSSR count). The number of piperidine rings is 1. The molecular weight excluding hydrogens is 360 g/mol. The molecule has 0 radical (unpaired) electrons. The Bertz CT molecular complexity index is 676. The van der Waals surface area contributed by atoms with Crippen LogP contribution in [0.25, 0.3) is 0 Å². The second kappa shape index (κ2) is 9.66. The van der Waals surface area contributed by atoms with Crippen LogP contribution in [0.15, 0.2) is 18.2 Å². The van der Waals surface area contributed by atoms with Crippen molar-refractivity contribution in [3.8, 4) is 11.5 Å². The first-order valence-corrected chi connectivity index (χ1v) is 9.92. The van der Waals surface area contributed by atoms with Crippen LogP contribution in [0.4, 0.5) is 10.5 Å². The SMILES string of the molecule is CCOc1ccc(NC(=O)C2CCN(C(=O)OC(C)(C)C)CC2)cc1OCC. The van der Waals surface area contributed by atoms with Gasteiger partial charge in [-0.05, 0) is 59.6 Å². The number of carbonyl (C=O) groups excluding carboxylic acids is 2. The van der Waals surface area contributed by atoms with Crippen LogP contribution in [0.3, 0.4) is 0 Å². The third-order valence-corrected chi connectivity index (χ3v) is 4.33. The first-order valence-electron chi connectivity index (χ1n) is 9.92. The minimum Gasteiger partial charge on any atom is -0.490 e. The number of nitrogens with one attached hydrogen (secondary N) is 1. The lowest BCUT2D eigenvalue weighted by Crippen LogP contribution is -2.43. The van der Waals surface area contributed by atoms with Gasteiger partial charge in [0.1, 0.15) is 5.60 Å². The molecule has 1 N–H and O–H groups in total. The first kappa shape index (κ1) is 21.9. The van der Waals surface area contributed by atoms with Crippen LogP contribution in [0.2, 0.25) is 0 Å². The molecule has 1 fully saturated rings. The van der Waals surface area contributed by atoms with E-state index in [4.69, 9.17) is 14.2 Å². The zero-order chi connectivity index (χ0) is 20.7. The largest absolute Gasteiger partial charge is 0.490 e. The summed E-state index contributed by atoms with van der Waals surface area (Å²) >= 11 is 0. The van der Waals surface area contributed by atoms with Crippen LogP contribution < -0.4 is 14.8 Å². The molecule has 7 heteroatoms. The molecule has 0 aliphatic carbocycles. The highest BCUT2D eigenvalue weighted by Crippen LogP contribution is 2.31. The predicted octanol–water partition coefficient (Wildman–Crippen LogP) is 4.07. The van der Waals surface area contributed by atoms with Gasteiger partial charge in [0.2, 0.25) is 5.91 Å². The van der Waals surface area contributed by atoms with Gasteiger partial charge in [-0.25, -0.2) is 4.79 Å². The summed E-state index contributed by atoms with van der Waals surface area (Å²) in [7, 11) is 0. The Kier molecular flexibility index (Phi) is 7.54. The Morgan fingerprint density at radius 1 is 1.07 bits per heavy atom. The Morgan fingerprint density at radius 2 is 1.68 bits per heavy atom. The Morgan fingerprint density at radius 3 is 2.25 bits per heavy atom. The third-order valence-electron chi connectivity index (χ3n) is 4.33. The maximum absolute atomic E-state index is 12.6. The van der Waals surface area contributed by atoms with E-state index in [0.29, 0.717) is 56.3 Å². The van der Waals surface area contributed by atoms with E-state index < -0.39 is 5.60 Å². The van der Waals surface area contributed by atoms with Gasteiger partial charge >= 0.3 is 6.09 Å². The number of hydrogen-bond acceptors (Lipinski definition) is 5. The molecule has 1 aliphatic rings. The number of anilines is 1. The predicted molar refractivity (Wildman–Crippen MR) is 108 cm³/mol. The summed E-state index contributed by atoms with van der Waals surface area (Å²) in [6.07, 6.45) is 0.903. The molecular formula is C21H32N2O5. The number of nitrogens with zero attached hydrogens (tertiary/aromatic N) is 1. The van der Waals surface area contributed by atoms with Crippen molar-refractivity contribution in [3.05, 3.63) is 18.2 Å². The van der Waals surface area contributed by atoms with E-state index in [2.05, 4.69) is 5.32 Å². The average molecular weight is 392 g/mol. The summed E-state index contributed by atoms with van der Waals surface area (Å²) in [5.41, 5.74) is 0.156. The lowest BCUT2D eigenvalue weighted by atomic mass is 9.96. The highest BCUT2D eigenvalue weighted by atomic mass is 16.6. The maximum Gasteiger partial charge on any atom is 0.410 e. The van der Waals surface area contributed by atoms with Gasteiger partial charge < -0.3 is 24.4 Å². The lowest BCUT2D eigenvalue weighted by molar-refractivity contribution is -0.121. The van der Waals surface area contributed by atoms with Crippen molar-refractivity contribution in [3.63, 3.8) is 0 Å². The fourth-order valence-electron chi connectivity index (χ4n) is 3.02. The summed E-state index contributed by atoms with van der Waals surface area (Å²) in [5, 5.41) is 2.95. The molecule has 0 unspecified atom stereocenters. The molecule has 0 aromatic heterocycles. The van der Waals surface area contributed by atoms with Crippen molar-refractivity contribution in [2.75, 3.05) is 31.6 Å². The second-order valence-electron chi connectivity index (χ2n) is 7.76. The van der Waals surface area contributed by atoms with Crippen molar-refractivity contribution in [1.82, 2.24) is 4.90 Å². The number of amides is 2. The van der Waals surface area contributed by atoms with Gasteiger partial charge in [-0.3, -0.25) is 4.79 Å². The zero-order valence-electron chi connectivity index (χ0n) is 17.5. The first-order chi connectivity index (χ1) is 13.2. The third kappa shape index (κ3) is 6.32. The Balaban J connectivity index is 1.92. The summed E-state index contributed by atoms with van der Waals surface area (Å²) < 4.78 is 16.5. The van der Waals surface area contributed by atoms with Crippen LogP contribution in [-0.4, -0.2) is 48.8 Å². The monoisotopic (exact) mass is 392 g/mol. The van der Waals surface area contributed by atoms with Gasteiger partial charge in [0.05, 0.1) is 13.2 Å². The lowest BCUT2D eigenvalue weighted by Gasteiger charge is -2.32. The van der Waals surface area contributed by atoms with Crippen molar-refractivity contribution in [2.24, 2.45) is 5.92 Å². The minimum atomic E-state index is -0.517. The molecule has 7 nitrogen and oxygen atoms in total. The van der Waals surface area contributed by atoms with E-state index in [-0.39, 0.29) is 17.9 Å². The van der Waals surface area contributed by atoms with Gasteiger partial charge in [0.15, 0.2) is 11.5 Å². The molecule has 0 atom stereocenters. The van der Waals surface area contributed by atoms with E-state index in [0.717, 1.165) is 0 Å². The van der Waals surface area contributed by atoms with Crippen molar-refractivity contribution < 1.29 is 23.8 Å². The van der Waals surface area contributed by atoms with Gasteiger partial charge in [-0.2, -0.15) is 0 Å². The number of ether oxygens (including phenoxy) is 3. The molecule has 1 aromatic carbocycles. The van der Waals surface area contributed by atoms with E-state index in [1.54, 1.807) is 23.1 Å². The number of rotatable bonds is 6. The van der Waals surface area contributed by atoms with E-state index in [1.807, 2.05) is 34.6 Å². The number of likely N-dealkylation sites (tertiary alicyclic amines) is 1. The molecule has 1 aromatic rings. The van der Waals surface area contributed by atoms with Crippen molar-refractivity contribution in [2.45, 2.75) is 53.1 Å². The van der Waals surface area contributed by atoms with Crippen LogP contribution in [0.1, 0.15) is 47.5 Å². The molecule has 0 spiro atoms. The van der Waals surface area contributed by atoms with E-state index in [9.17, 15) is 9.59 Å². The summed E-state index contributed by atoms with van der Waals surface area (Å²) in [4.78, 5) is 26.4. The van der Waals surface area contributed by atoms with Crippen LogP contribution >= 0.6 is 0 Å². The maximum atomic E-state index is 12.6. The van der Waals surface area contributed by atoms with Gasteiger partial charge in [-0.1, -0.05) is 0 Å². The minimum absolute atomic E-state index is 0.0459. The fraction of sp³-hybridized carbons (Fsp3) is 0.619. The Labute approximate surface area is 167 Å². The van der Waals surface area contributed by atoms with Crippen LogP contribution in [0, 0.1) is 5.92 Å². The van der Waals surface area contributed by atoms with E-state index >= 15 is 0 Å². The quantitative estimate of drug-likeness (QED) is 0.790. The fourth-order valence-corrected chi connectivity index (χ4v) is 3.02. The highest BCUT2D eigenvalue weighted by molar-refractivity contribution is 5.93.